The summed E-state index contributed by atoms with van der Waals surface area (Å²) in [6.07, 6.45) is 3.36. The van der Waals surface area contributed by atoms with E-state index in [1.54, 1.807) is 35.3 Å². The minimum absolute atomic E-state index is 0.269. The minimum atomic E-state index is -0.269. The van der Waals surface area contributed by atoms with Crippen LogP contribution in [0.4, 0.5) is 0 Å². The lowest BCUT2D eigenvalue weighted by atomic mass is 10.2. The second-order valence-corrected chi connectivity index (χ2v) is 4.45. The van der Waals surface area contributed by atoms with Crippen LogP contribution in [0, 0.1) is 0 Å². The van der Waals surface area contributed by atoms with Gasteiger partial charge in [-0.3, -0.25) is 4.79 Å². The molecule has 0 radical (unpaired) electrons. The van der Waals surface area contributed by atoms with E-state index >= 15 is 0 Å². The summed E-state index contributed by atoms with van der Waals surface area (Å²) in [5.74, 6) is -0.269. The van der Waals surface area contributed by atoms with Gasteiger partial charge >= 0.3 is 0 Å². The van der Waals surface area contributed by atoms with Gasteiger partial charge in [-0.1, -0.05) is 36.4 Å². The molecular formula is C17H13N3O. The maximum atomic E-state index is 12.0. The van der Waals surface area contributed by atoms with E-state index in [1.807, 2.05) is 48.5 Å². The number of hydrogen-bond donors (Lipinski definition) is 0. The van der Waals surface area contributed by atoms with E-state index in [0.29, 0.717) is 10.9 Å². The molecule has 0 aliphatic rings. The number of nitrogens with zero attached hydrogens (tertiary/aromatic N) is 3. The zero-order chi connectivity index (χ0) is 14.5. The number of carbonyl (C=O) groups is 1. The van der Waals surface area contributed by atoms with Gasteiger partial charge in [0.05, 0.1) is 17.2 Å². The summed E-state index contributed by atoms with van der Waals surface area (Å²) in [5.41, 5.74) is 1.52. The van der Waals surface area contributed by atoms with Crippen LogP contribution >= 0.6 is 0 Å². The maximum absolute atomic E-state index is 12.0. The highest BCUT2D eigenvalue weighted by atomic mass is 16.1. The van der Waals surface area contributed by atoms with Gasteiger partial charge in [0.1, 0.15) is 0 Å². The smallest absolute Gasteiger partial charge is 0.267 e. The van der Waals surface area contributed by atoms with Crippen molar-refractivity contribution in [3.63, 3.8) is 0 Å². The third-order valence-corrected chi connectivity index (χ3v) is 2.97. The predicted molar refractivity (Wildman–Crippen MR) is 79.9 cm³/mol. The Kier molecular flexibility index (Phi) is 3.69. The fraction of sp³-hybridized carbons (Fsp3) is 0. The summed E-state index contributed by atoms with van der Waals surface area (Å²) in [7, 11) is 0. The molecule has 2 aromatic carbocycles. The van der Waals surface area contributed by atoms with Crippen LogP contribution in [0.1, 0.15) is 10.4 Å². The molecular weight excluding hydrogens is 262 g/mol. The molecule has 1 heterocycles. The first-order valence-electron chi connectivity index (χ1n) is 6.57. The van der Waals surface area contributed by atoms with Crippen LogP contribution in [0.3, 0.4) is 0 Å². The molecule has 1 aromatic heterocycles. The third-order valence-electron chi connectivity index (χ3n) is 2.97. The van der Waals surface area contributed by atoms with E-state index in [1.165, 1.54) is 0 Å². The molecule has 0 fully saturated rings. The molecule has 0 N–H and O–H groups in total. The highest BCUT2D eigenvalue weighted by Gasteiger charge is 2.01. The van der Waals surface area contributed by atoms with Gasteiger partial charge in [0.2, 0.25) is 0 Å². The fourth-order valence-electron chi connectivity index (χ4n) is 1.91. The number of carbonyl (C=O) groups excluding carboxylic acids is 1. The van der Waals surface area contributed by atoms with Crippen LogP contribution in [-0.4, -0.2) is 15.7 Å². The lowest BCUT2D eigenvalue weighted by molar-refractivity contribution is 0.0998. The van der Waals surface area contributed by atoms with Crippen molar-refractivity contribution in [3.05, 3.63) is 90.0 Å². The zero-order valence-corrected chi connectivity index (χ0v) is 11.3. The van der Waals surface area contributed by atoms with Gasteiger partial charge in [-0.15, -0.1) is 0 Å². The summed E-state index contributed by atoms with van der Waals surface area (Å²) in [6, 6.07) is 20.5. The molecule has 21 heavy (non-hydrogen) atoms. The highest BCUT2D eigenvalue weighted by Crippen LogP contribution is 2.03. The number of hydrogen-bond acceptors (Lipinski definition) is 2. The van der Waals surface area contributed by atoms with E-state index in [2.05, 4.69) is 10.1 Å². The number of aromatic nitrogens is 2. The molecule has 0 saturated heterocycles. The zero-order valence-electron chi connectivity index (χ0n) is 11.3. The molecule has 0 spiro atoms. The van der Waals surface area contributed by atoms with Gasteiger partial charge in [-0.05, 0) is 30.3 Å². The summed E-state index contributed by atoms with van der Waals surface area (Å²) in [5, 5.41) is 4.80. The Morgan fingerprint density at radius 2 is 1.57 bits per heavy atom. The highest BCUT2D eigenvalue weighted by molar-refractivity contribution is 5.94. The first-order valence-corrected chi connectivity index (χ1v) is 6.57. The van der Waals surface area contributed by atoms with E-state index in [-0.39, 0.29) is 5.91 Å². The first kappa shape index (κ1) is 13.0. The van der Waals surface area contributed by atoms with Crippen molar-refractivity contribution in [2.24, 2.45) is 4.99 Å². The van der Waals surface area contributed by atoms with Crippen molar-refractivity contribution in [2.45, 2.75) is 0 Å². The second kappa shape index (κ2) is 5.96. The molecule has 0 aliphatic carbocycles. The first-order chi connectivity index (χ1) is 10.3. The van der Waals surface area contributed by atoms with Gasteiger partial charge in [-0.2, -0.15) is 5.10 Å². The maximum Gasteiger partial charge on any atom is 0.277 e. The van der Waals surface area contributed by atoms with Crippen LogP contribution in [0.2, 0.25) is 0 Å². The van der Waals surface area contributed by atoms with E-state index < -0.39 is 0 Å². The van der Waals surface area contributed by atoms with Gasteiger partial charge in [0, 0.05) is 11.8 Å². The van der Waals surface area contributed by atoms with Crippen molar-refractivity contribution in [3.8, 4) is 5.69 Å². The van der Waals surface area contributed by atoms with E-state index in [0.717, 1.165) is 5.69 Å². The number of para-hydroxylation sites is 1. The van der Waals surface area contributed by atoms with Crippen molar-refractivity contribution in [1.29, 1.82) is 0 Å². The van der Waals surface area contributed by atoms with Crippen LogP contribution in [0.25, 0.3) is 5.69 Å². The summed E-state index contributed by atoms with van der Waals surface area (Å²) < 4.78 is 1.73. The predicted octanol–water partition coefficient (Wildman–Crippen LogP) is 2.61. The Morgan fingerprint density at radius 3 is 2.19 bits per heavy atom. The fourth-order valence-corrected chi connectivity index (χ4v) is 1.91. The molecule has 3 rings (SSSR count). The van der Waals surface area contributed by atoms with Crippen LogP contribution in [0.5, 0.6) is 0 Å². The molecule has 0 bridgehead atoms. The van der Waals surface area contributed by atoms with Crippen LogP contribution < -0.4 is 5.36 Å². The van der Waals surface area contributed by atoms with Gasteiger partial charge < -0.3 is 0 Å². The Labute approximate surface area is 122 Å². The number of benzene rings is 2. The summed E-state index contributed by atoms with van der Waals surface area (Å²) >= 11 is 0. The standard InChI is InChI=1S/C17H13N3O/c21-17(14-7-3-1-4-8-14)19-15-11-12-20(18-13-15)16-9-5-2-6-10-16/h1-13H/b19-15+. The van der Waals surface area contributed by atoms with Gasteiger partial charge in [0.15, 0.2) is 0 Å². The van der Waals surface area contributed by atoms with Crippen LogP contribution in [0.15, 0.2) is 84.1 Å². The van der Waals surface area contributed by atoms with Crippen molar-refractivity contribution in [2.75, 3.05) is 0 Å². The Morgan fingerprint density at radius 1 is 0.905 bits per heavy atom. The summed E-state index contributed by atoms with van der Waals surface area (Å²) in [4.78, 5) is 16.0. The third kappa shape index (κ3) is 3.12. The van der Waals surface area contributed by atoms with Crippen LogP contribution in [-0.2, 0) is 0 Å². The average Bonchev–Trinajstić information content (AvgIpc) is 2.57. The van der Waals surface area contributed by atoms with Crippen molar-refractivity contribution < 1.29 is 4.79 Å². The van der Waals surface area contributed by atoms with Gasteiger partial charge in [0.25, 0.3) is 5.91 Å². The Balaban J connectivity index is 1.88. The normalized spacial score (nSPS) is 11.3. The topological polar surface area (TPSA) is 47.2 Å². The molecule has 3 aromatic rings. The largest absolute Gasteiger partial charge is 0.277 e. The minimum Gasteiger partial charge on any atom is -0.267 e. The molecule has 0 atom stereocenters. The van der Waals surface area contributed by atoms with E-state index in [4.69, 9.17) is 0 Å². The molecule has 4 nitrogen and oxygen atoms in total. The summed E-state index contributed by atoms with van der Waals surface area (Å²) in [6.45, 7) is 0. The molecule has 1 amide bonds. The SMILES string of the molecule is O=C(/N=c1\ccn(-c2ccccc2)nc1)c1ccccc1. The molecule has 0 unspecified atom stereocenters. The second-order valence-electron chi connectivity index (χ2n) is 4.45. The Hall–Kier alpha value is -3.01. The van der Waals surface area contributed by atoms with Crippen molar-refractivity contribution >= 4 is 5.91 Å². The average molecular weight is 275 g/mol. The molecule has 0 aliphatic heterocycles. The lowest BCUT2D eigenvalue weighted by Gasteiger charge is -2.03. The van der Waals surface area contributed by atoms with Gasteiger partial charge in [-0.25, -0.2) is 9.67 Å². The number of rotatable bonds is 2. The monoisotopic (exact) mass is 275 g/mol. The molecule has 4 heteroatoms. The Bertz CT molecular complexity index is 788. The van der Waals surface area contributed by atoms with E-state index in [9.17, 15) is 4.79 Å². The molecule has 102 valence electrons. The lowest BCUT2D eigenvalue weighted by Crippen LogP contribution is -2.11. The van der Waals surface area contributed by atoms with Crippen molar-refractivity contribution in [1.82, 2.24) is 9.78 Å². The quantitative estimate of drug-likeness (QED) is 0.721. The number of amides is 1. The molecule has 0 saturated carbocycles.